The van der Waals surface area contributed by atoms with Gasteiger partial charge in [0.25, 0.3) is 0 Å². The van der Waals surface area contributed by atoms with Gasteiger partial charge in [-0.1, -0.05) is 35.3 Å². The summed E-state index contributed by atoms with van der Waals surface area (Å²) in [6.07, 6.45) is 0.520. The Hall–Kier alpha value is -1.16. The van der Waals surface area contributed by atoms with Crippen LogP contribution in [0.15, 0.2) is 36.4 Å². The topological polar surface area (TPSA) is 12.0 Å². The van der Waals surface area contributed by atoms with Crippen molar-refractivity contribution in [1.82, 2.24) is 5.32 Å². The highest BCUT2D eigenvalue weighted by atomic mass is 35.5. The number of nitrogens with one attached hydrogen (secondary N) is 1. The molecule has 20 heavy (non-hydrogen) atoms. The van der Waals surface area contributed by atoms with E-state index in [1.54, 1.807) is 19.2 Å². The number of likely N-dealkylation sites (N-methyl/N-ethyl adjacent to an activating group) is 1. The number of hydrogen-bond acceptors (Lipinski definition) is 1. The van der Waals surface area contributed by atoms with Gasteiger partial charge in [-0.3, -0.25) is 0 Å². The third-order valence-electron chi connectivity index (χ3n) is 3.12. The lowest BCUT2D eigenvalue weighted by Crippen LogP contribution is -2.20. The minimum Gasteiger partial charge on any atom is -0.313 e. The highest BCUT2D eigenvalue weighted by Gasteiger charge is 2.17. The molecule has 2 rings (SSSR count). The Bertz CT molecular complexity index is 600. The van der Waals surface area contributed by atoms with E-state index in [4.69, 9.17) is 23.2 Å². The standard InChI is InChI=1S/C15H13Cl2F2N/c1-20-15(6-9-2-4-10(16)5-3-9)11-7-14(19)12(17)8-13(11)18/h2-5,7-8,15,20H,6H2,1H3. The summed E-state index contributed by atoms with van der Waals surface area (Å²) < 4.78 is 27.4. The van der Waals surface area contributed by atoms with Crippen LogP contribution in [-0.2, 0) is 6.42 Å². The molecule has 0 bridgehead atoms. The first-order valence-corrected chi connectivity index (χ1v) is 6.83. The van der Waals surface area contributed by atoms with Crippen molar-refractivity contribution in [1.29, 1.82) is 0 Å². The average Bonchev–Trinajstić information content (AvgIpc) is 2.43. The fourth-order valence-electron chi connectivity index (χ4n) is 2.03. The van der Waals surface area contributed by atoms with Crippen LogP contribution in [-0.4, -0.2) is 7.05 Å². The van der Waals surface area contributed by atoms with Crippen molar-refractivity contribution < 1.29 is 8.78 Å². The van der Waals surface area contributed by atoms with Crippen molar-refractivity contribution in [2.24, 2.45) is 0 Å². The maximum absolute atomic E-state index is 13.9. The molecule has 1 N–H and O–H groups in total. The van der Waals surface area contributed by atoms with Crippen LogP contribution >= 0.6 is 23.2 Å². The highest BCUT2D eigenvalue weighted by Crippen LogP contribution is 2.26. The van der Waals surface area contributed by atoms with Crippen LogP contribution in [0.25, 0.3) is 0 Å². The molecule has 0 amide bonds. The van der Waals surface area contributed by atoms with E-state index in [9.17, 15) is 8.78 Å². The molecule has 0 aromatic heterocycles. The summed E-state index contributed by atoms with van der Waals surface area (Å²) in [6, 6.07) is 9.04. The molecule has 106 valence electrons. The molecule has 2 aromatic carbocycles. The Morgan fingerprint density at radius 3 is 2.30 bits per heavy atom. The summed E-state index contributed by atoms with van der Waals surface area (Å²) >= 11 is 11.4. The van der Waals surface area contributed by atoms with Gasteiger partial charge in [0.2, 0.25) is 0 Å². The Morgan fingerprint density at radius 2 is 1.70 bits per heavy atom. The Morgan fingerprint density at radius 1 is 1.05 bits per heavy atom. The van der Waals surface area contributed by atoms with Crippen LogP contribution < -0.4 is 5.32 Å². The highest BCUT2D eigenvalue weighted by molar-refractivity contribution is 6.30. The van der Waals surface area contributed by atoms with Gasteiger partial charge in [0.15, 0.2) is 0 Å². The predicted molar refractivity (Wildman–Crippen MR) is 78.3 cm³/mol. The summed E-state index contributed by atoms with van der Waals surface area (Å²) in [4.78, 5) is 0. The molecule has 0 aliphatic rings. The molecule has 0 spiro atoms. The molecule has 0 heterocycles. The lowest BCUT2D eigenvalue weighted by Gasteiger charge is -2.18. The molecule has 5 heteroatoms. The van der Waals surface area contributed by atoms with Gasteiger partial charge in [0, 0.05) is 16.6 Å². The first kappa shape index (κ1) is 15.2. The van der Waals surface area contributed by atoms with Gasteiger partial charge in [0.1, 0.15) is 11.6 Å². The van der Waals surface area contributed by atoms with Crippen molar-refractivity contribution in [3.8, 4) is 0 Å². The first-order valence-electron chi connectivity index (χ1n) is 6.07. The lowest BCUT2D eigenvalue weighted by atomic mass is 9.98. The Balaban J connectivity index is 2.28. The molecule has 0 aliphatic carbocycles. The van der Waals surface area contributed by atoms with Crippen molar-refractivity contribution in [3.05, 3.63) is 69.2 Å². The van der Waals surface area contributed by atoms with Crippen molar-refractivity contribution in [2.45, 2.75) is 12.5 Å². The van der Waals surface area contributed by atoms with E-state index in [1.165, 1.54) is 0 Å². The van der Waals surface area contributed by atoms with E-state index in [0.29, 0.717) is 11.4 Å². The zero-order valence-electron chi connectivity index (χ0n) is 10.8. The molecule has 0 saturated carbocycles. The quantitative estimate of drug-likeness (QED) is 0.801. The van der Waals surface area contributed by atoms with Crippen molar-refractivity contribution in [3.63, 3.8) is 0 Å². The zero-order chi connectivity index (χ0) is 14.7. The molecule has 0 aliphatic heterocycles. The second-order valence-corrected chi connectivity index (χ2v) is 5.30. The summed E-state index contributed by atoms with van der Waals surface area (Å²) in [7, 11) is 1.70. The SMILES string of the molecule is CNC(Cc1ccc(Cl)cc1)c1cc(F)c(Cl)cc1F. The summed E-state index contributed by atoms with van der Waals surface area (Å²) in [5, 5.41) is 3.41. The van der Waals surface area contributed by atoms with Gasteiger partial charge in [-0.05, 0) is 43.3 Å². The largest absolute Gasteiger partial charge is 0.313 e. The maximum Gasteiger partial charge on any atom is 0.142 e. The molecular weight excluding hydrogens is 303 g/mol. The van der Waals surface area contributed by atoms with Crippen LogP contribution in [0.1, 0.15) is 17.2 Å². The van der Waals surface area contributed by atoms with Gasteiger partial charge < -0.3 is 5.32 Å². The molecule has 0 saturated heterocycles. The van der Waals surface area contributed by atoms with Crippen LogP contribution in [0.2, 0.25) is 10.0 Å². The number of halogens is 4. The number of hydrogen-bond donors (Lipinski definition) is 1. The molecule has 0 radical (unpaired) electrons. The predicted octanol–water partition coefficient (Wildman–Crippen LogP) is 4.77. The number of rotatable bonds is 4. The van der Waals surface area contributed by atoms with Gasteiger partial charge >= 0.3 is 0 Å². The maximum atomic E-state index is 13.9. The van der Waals surface area contributed by atoms with Crippen molar-refractivity contribution in [2.75, 3.05) is 7.05 Å². The molecule has 1 unspecified atom stereocenters. The van der Waals surface area contributed by atoms with E-state index in [1.807, 2.05) is 12.1 Å². The molecule has 2 aromatic rings. The van der Waals surface area contributed by atoms with Gasteiger partial charge in [-0.25, -0.2) is 8.78 Å². The van der Waals surface area contributed by atoms with Crippen LogP contribution in [0.3, 0.4) is 0 Å². The van der Waals surface area contributed by atoms with E-state index in [0.717, 1.165) is 17.7 Å². The zero-order valence-corrected chi connectivity index (χ0v) is 12.3. The monoisotopic (exact) mass is 315 g/mol. The van der Waals surface area contributed by atoms with E-state index in [2.05, 4.69) is 5.32 Å². The fraction of sp³-hybridized carbons (Fsp3) is 0.200. The third kappa shape index (κ3) is 3.48. The lowest BCUT2D eigenvalue weighted by molar-refractivity contribution is 0.523. The molecule has 1 atom stereocenters. The minimum atomic E-state index is -0.626. The fourth-order valence-corrected chi connectivity index (χ4v) is 2.31. The summed E-state index contributed by atoms with van der Waals surface area (Å²) in [5.41, 5.74) is 1.23. The summed E-state index contributed by atoms with van der Waals surface area (Å²) in [5.74, 6) is -1.15. The Kier molecular flexibility index (Phi) is 4.97. The third-order valence-corrected chi connectivity index (χ3v) is 3.66. The smallest absolute Gasteiger partial charge is 0.142 e. The second kappa shape index (κ2) is 6.53. The van der Waals surface area contributed by atoms with E-state index in [-0.39, 0.29) is 16.6 Å². The first-order chi connectivity index (χ1) is 9.51. The number of benzene rings is 2. The Labute approximate surface area is 126 Å². The van der Waals surface area contributed by atoms with Crippen molar-refractivity contribution >= 4 is 23.2 Å². The summed E-state index contributed by atoms with van der Waals surface area (Å²) in [6.45, 7) is 0. The van der Waals surface area contributed by atoms with Gasteiger partial charge in [-0.15, -0.1) is 0 Å². The molecular formula is C15H13Cl2F2N. The van der Waals surface area contributed by atoms with Crippen LogP contribution in [0.4, 0.5) is 8.78 Å². The van der Waals surface area contributed by atoms with E-state index >= 15 is 0 Å². The normalized spacial score (nSPS) is 12.4. The molecule has 1 nitrogen and oxygen atoms in total. The van der Waals surface area contributed by atoms with E-state index < -0.39 is 11.6 Å². The average molecular weight is 316 g/mol. The van der Waals surface area contributed by atoms with Crippen LogP contribution in [0.5, 0.6) is 0 Å². The second-order valence-electron chi connectivity index (χ2n) is 4.46. The molecule has 0 fully saturated rings. The van der Waals surface area contributed by atoms with Gasteiger partial charge in [0.05, 0.1) is 5.02 Å². The van der Waals surface area contributed by atoms with Gasteiger partial charge in [-0.2, -0.15) is 0 Å². The minimum absolute atomic E-state index is 0.215. The van der Waals surface area contributed by atoms with Crippen LogP contribution in [0, 0.1) is 11.6 Å².